The molecule has 1 aliphatic rings. The minimum absolute atomic E-state index is 0.0275. The first-order valence-corrected chi connectivity index (χ1v) is 7.34. The van der Waals surface area contributed by atoms with Gasteiger partial charge < -0.3 is 10.0 Å². The molecule has 1 aliphatic carbocycles. The molecule has 0 heterocycles. The monoisotopic (exact) mass is 289 g/mol. The summed E-state index contributed by atoms with van der Waals surface area (Å²) in [6.45, 7) is 3.24. The van der Waals surface area contributed by atoms with Crippen LogP contribution < -0.4 is 0 Å². The molecule has 0 atom stereocenters. The van der Waals surface area contributed by atoms with Crippen LogP contribution in [0.1, 0.15) is 42.1 Å². The number of aliphatic hydroxyl groups is 1. The van der Waals surface area contributed by atoms with E-state index in [1.807, 2.05) is 6.92 Å². The number of hydrogen-bond acceptors (Lipinski definition) is 2. The number of carbonyl (C=O) groups is 1. The van der Waals surface area contributed by atoms with E-state index in [-0.39, 0.29) is 12.5 Å². The highest BCUT2D eigenvalue weighted by Gasteiger charge is 2.27. The van der Waals surface area contributed by atoms with Crippen molar-refractivity contribution in [2.24, 2.45) is 5.92 Å². The smallest absolute Gasteiger partial charge is 0.255 e. The highest BCUT2D eigenvalue weighted by molar-refractivity contribution is 5.96. The maximum atomic E-state index is 13.5. The number of nitrogens with zero attached hydrogens (tertiary/aromatic N) is 1. The Balaban J connectivity index is 2.25. The molecule has 2 rings (SSSR count). The zero-order valence-corrected chi connectivity index (χ0v) is 12.2. The van der Waals surface area contributed by atoms with Gasteiger partial charge in [-0.05, 0) is 43.9 Å². The van der Waals surface area contributed by atoms with Gasteiger partial charge in [0.05, 0.1) is 12.2 Å². The molecule has 1 saturated carbocycles. The van der Waals surface area contributed by atoms with E-state index in [1.54, 1.807) is 4.90 Å². The van der Waals surface area contributed by atoms with E-state index in [1.165, 1.54) is 18.2 Å². The predicted octanol–water partition coefficient (Wildman–Crippen LogP) is 2.43. The average Bonchev–Trinajstić information content (AvgIpc) is 3.30. The van der Waals surface area contributed by atoms with Gasteiger partial charge in [0.1, 0.15) is 5.82 Å². The van der Waals surface area contributed by atoms with Crippen LogP contribution in [-0.4, -0.2) is 35.6 Å². The molecule has 0 aromatic heterocycles. The molecule has 112 valence electrons. The van der Waals surface area contributed by atoms with E-state index in [2.05, 4.69) is 11.8 Å². The van der Waals surface area contributed by atoms with E-state index >= 15 is 0 Å². The lowest BCUT2D eigenvalue weighted by Gasteiger charge is -2.21. The summed E-state index contributed by atoms with van der Waals surface area (Å²) in [4.78, 5) is 14.3. The Morgan fingerprint density at radius 2 is 2.24 bits per heavy atom. The first kappa shape index (κ1) is 15.5. The first-order valence-electron chi connectivity index (χ1n) is 7.34. The summed E-state index contributed by atoms with van der Waals surface area (Å²) < 4.78 is 13.5. The van der Waals surface area contributed by atoms with Gasteiger partial charge in [-0.15, -0.1) is 0 Å². The van der Waals surface area contributed by atoms with Crippen molar-refractivity contribution in [1.29, 1.82) is 0 Å². The summed E-state index contributed by atoms with van der Waals surface area (Å²) in [5.41, 5.74) is 0.826. The Bertz CT molecular complexity index is 570. The number of hydrogen-bond donors (Lipinski definition) is 1. The molecule has 21 heavy (non-hydrogen) atoms. The van der Waals surface area contributed by atoms with Gasteiger partial charge in [0, 0.05) is 25.1 Å². The van der Waals surface area contributed by atoms with Crippen LogP contribution in [0.4, 0.5) is 4.39 Å². The highest BCUT2D eigenvalue weighted by atomic mass is 19.1. The van der Waals surface area contributed by atoms with Gasteiger partial charge in [0.15, 0.2) is 0 Å². The molecule has 3 nitrogen and oxygen atoms in total. The molecule has 0 bridgehead atoms. The second-order valence-corrected chi connectivity index (χ2v) is 5.25. The molecule has 1 fully saturated rings. The fourth-order valence-corrected chi connectivity index (χ4v) is 2.15. The Hall–Kier alpha value is -1.86. The average molecular weight is 289 g/mol. The lowest BCUT2D eigenvalue weighted by molar-refractivity contribution is 0.0756. The number of halogens is 1. The minimum Gasteiger partial charge on any atom is -0.395 e. The van der Waals surface area contributed by atoms with E-state index < -0.39 is 5.82 Å². The predicted molar refractivity (Wildman–Crippen MR) is 79.3 cm³/mol. The van der Waals surface area contributed by atoms with Gasteiger partial charge in [0.25, 0.3) is 5.91 Å². The van der Waals surface area contributed by atoms with Crippen LogP contribution >= 0.6 is 0 Å². The number of rotatable bonds is 5. The molecule has 0 aliphatic heterocycles. The summed E-state index contributed by atoms with van der Waals surface area (Å²) >= 11 is 0. The molecule has 1 amide bonds. The quantitative estimate of drug-likeness (QED) is 0.846. The maximum Gasteiger partial charge on any atom is 0.255 e. The lowest BCUT2D eigenvalue weighted by atomic mass is 10.1. The van der Waals surface area contributed by atoms with Crippen molar-refractivity contribution in [3.63, 3.8) is 0 Å². The molecule has 4 heteroatoms. The fourth-order valence-electron chi connectivity index (χ4n) is 2.15. The van der Waals surface area contributed by atoms with Crippen LogP contribution in [0.5, 0.6) is 0 Å². The van der Waals surface area contributed by atoms with Crippen molar-refractivity contribution in [2.75, 3.05) is 19.7 Å². The van der Waals surface area contributed by atoms with Crippen molar-refractivity contribution in [2.45, 2.75) is 26.2 Å². The summed E-state index contributed by atoms with van der Waals surface area (Å²) in [5.74, 6) is 5.61. The third-order valence-corrected chi connectivity index (χ3v) is 3.52. The van der Waals surface area contributed by atoms with Crippen molar-refractivity contribution in [3.8, 4) is 11.8 Å². The van der Waals surface area contributed by atoms with E-state index in [9.17, 15) is 9.18 Å². The Kier molecular flexibility index (Phi) is 5.35. The zero-order chi connectivity index (χ0) is 15.2. The molecule has 1 aromatic rings. The number of amides is 1. The molecule has 0 saturated heterocycles. The van der Waals surface area contributed by atoms with Crippen molar-refractivity contribution >= 4 is 5.91 Å². The van der Waals surface area contributed by atoms with E-state index in [0.29, 0.717) is 30.0 Å². The SMILES string of the molecule is CCN(CC1CC1)C(=O)c1cc(F)ccc1C#CCCO. The minimum atomic E-state index is -0.437. The fraction of sp³-hybridized carbons (Fsp3) is 0.471. The standard InChI is InChI=1S/C17H20FNO2/c1-2-19(12-13-6-7-13)17(21)16-11-15(18)9-8-14(16)5-3-4-10-20/h8-9,11,13,20H,2,4,6-7,10,12H2,1H3. The second-order valence-electron chi connectivity index (χ2n) is 5.25. The zero-order valence-electron chi connectivity index (χ0n) is 12.2. The third kappa shape index (κ3) is 4.30. The molecule has 1 aromatic carbocycles. The van der Waals surface area contributed by atoms with Gasteiger partial charge >= 0.3 is 0 Å². The van der Waals surface area contributed by atoms with Gasteiger partial charge in [-0.1, -0.05) is 11.8 Å². The van der Waals surface area contributed by atoms with Crippen LogP contribution in [0.15, 0.2) is 18.2 Å². The Morgan fingerprint density at radius 3 is 2.86 bits per heavy atom. The topological polar surface area (TPSA) is 40.5 Å². The van der Waals surface area contributed by atoms with Crippen molar-refractivity contribution in [3.05, 3.63) is 35.1 Å². The van der Waals surface area contributed by atoms with Crippen LogP contribution in [0.2, 0.25) is 0 Å². The lowest BCUT2D eigenvalue weighted by Crippen LogP contribution is -2.33. The molecule has 0 radical (unpaired) electrons. The first-order chi connectivity index (χ1) is 10.2. The Morgan fingerprint density at radius 1 is 1.48 bits per heavy atom. The van der Waals surface area contributed by atoms with Crippen LogP contribution in [0, 0.1) is 23.6 Å². The summed E-state index contributed by atoms with van der Waals surface area (Å²) in [6.07, 6.45) is 2.66. The maximum absolute atomic E-state index is 13.5. The van der Waals surface area contributed by atoms with Crippen LogP contribution in [-0.2, 0) is 0 Å². The molecular weight excluding hydrogens is 269 g/mol. The van der Waals surface area contributed by atoms with E-state index in [0.717, 1.165) is 19.4 Å². The van der Waals surface area contributed by atoms with Gasteiger partial charge in [-0.3, -0.25) is 4.79 Å². The van der Waals surface area contributed by atoms with Crippen LogP contribution in [0.25, 0.3) is 0 Å². The van der Waals surface area contributed by atoms with E-state index in [4.69, 9.17) is 5.11 Å². The summed E-state index contributed by atoms with van der Waals surface area (Å²) in [7, 11) is 0. The van der Waals surface area contributed by atoms with Crippen molar-refractivity contribution < 1.29 is 14.3 Å². The number of carbonyl (C=O) groups excluding carboxylic acids is 1. The van der Waals surface area contributed by atoms with Gasteiger partial charge in [0.2, 0.25) is 0 Å². The van der Waals surface area contributed by atoms with Gasteiger partial charge in [-0.2, -0.15) is 0 Å². The van der Waals surface area contributed by atoms with Crippen LogP contribution in [0.3, 0.4) is 0 Å². The Labute approximate surface area is 124 Å². The number of aliphatic hydroxyl groups excluding tert-OH is 1. The van der Waals surface area contributed by atoms with Crippen molar-refractivity contribution in [1.82, 2.24) is 4.90 Å². The second kappa shape index (κ2) is 7.24. The molecule has 0 unspecified atom stereocenters. The molecule has 1 N–H and O–H groups in total. The largest absolute Gasteiger partial charge is 0.395 e. The summed E-state index contributed by atoms with van der Waals surface area (Å²) in [5, 5.41) is 8.76. The van der Waals surface area contributed by atoms with Gasteiger partial charge in [-0.25, -0.2) is 4.39 Å². The highest BCUT2D eigenvalue weighted by Crippen LogP contribution is 2.30. The molecule has 0 spiro atoms. The normalized spacial score (nSPS) is 13.5. The summed E-state index contributed by atoms with van der Waals surface area (Å²) in [6, 6.07) is 4.08. The third-order valence-electron chi connectivity index (χ3n) is 3.52. The number of benzene rings is 1. The molecular formula is C17H20FNO2.